The van der Waals surface area contributed by atoms with Gasteiger partial charge in [-0.3, -0.25) is 4.79 Å². The first-order valence-electron chi connectivity index (χ1n) is 7.40. The Kier molecular flexibility index (Phi) is 5.33. The molecule has 1 amide bonds. The molecule has 2 N–H and O–H groups in total. The van der Waals surface area contributed by atoms with Crippen molar-refractivity contribution in [3.05, 3.63) is 35.4 Å². The number of aromatic carboxylic acids is 1. The monoisotopic (exact) mass is 290 g/mol. The summed E-state index contributed by atoms with van der Waals surface area (Å²) in [5.41, 5.74) is 0.759. The Bertz CT molecular complexity index is 516. The highest BCUT2D eigenvalue weighted by atomic mass is 16.4. The molecule has 21 heavy (non-hydrogen) atoms. The fraction of sp³-hybridized carbons (Fsp3) is 0.500. The van der Waals surface area contributed by atoms with Crippen LogP contribution in [0.15, 0.2) is 24.3 Å². The van der Waals surface area contributed by atoms with Gasteiger partial charge < -0.3 is 15.3 Å². The minimum atomic E-state index is -0.993. The predicted octanol–water partition coefficient (Wildman–Crippen LogP) is 1.39. The molecule has 0 aliphatic carbocycles. The molecule has 114 valence electrons. The highest BCUT2D eigenvalue weighted by molar-refractivity contribution is 5.91. The van der Waals surface area contributed by atoms with Crippen molar-refractivity contribution < 1.29 is 14.7 Å². The number of hydrogen-bond donors (Lipinski definition) is 2. The minimum absolute atomic E-state index is 0.112. The molecule has 0 radical (unpaired) electrons. The smallest absolute Gasteiger partial charge is 0.335 e. The average Bonchev–Trinajstić information content (AvgIpc) is 2.93. The van der Waals surface area contributed by atoms with Gasteiger partial charge in [0, 0.05) is 13.1 Å². The van der Waals surface area contributed by atoms with Gasteiger partial charge in [-0.25, -0.2) is 4.79 Å². The van der Waals surface area contributed by atoms with E-state index in [4.69, 9.17) is 5.11 Å². The lowest BCUT2D eigenvalue weighted by Gasteiger charge is -2.14. The fourth-order valence-electron chi connectivity index (χ4n) is 2.74. The van der Waals surface area contributed by atoms with Gasteiger partial charge in [0.25, 0.3) is 0 Å². The van der Waals surface area contributed by atoms with Gasteiger partial charge >= 0.3 is 5.97 Å². The molecule has 1 fully saturated rings. The minimum Gasteiger partial charge on any atom is -0.478 e. The van der Waals surface area contributed by atoms with Crippen LogP contribution in [0.4, 0.5) is 0 Å². The molecule has 1 aliphatic rings. The molecule has 5 heteroatoms. The van der Waals surface area contributed by atoms with E-state index >= 15 is 0 Å². The SMILES string of the molecule is CCN1CCC(CNC(=O)Cc2ccccc2C(=O)O)C1. The fourth-order valence-corrected chi connectivity index (χ4v) is 2.74. The molecule has 0 aromatic heterocycles. The van der Waals surface area contributed by atoms with E-state index < -0.39 is 5.97 Å². The molecule has 1 heterocycles. The van der Waals surface area contributed by atoms with E-state index in [9.17, 15) is 9.59 Å². The summed E-state index contributed by atoms with van der Waals surface area (Å²) in [6, 6.07) is 6.65. The number of hydrogen-bond acceptors (Lipinski definition) is 3. The highest BCUT2D eigenvalue weighted by Crippen LogP contribution is 2.15. The summed E-state index contributed by atoms with van der Waals surface area (Å²) in [7, 11) is 0. The Morgan fingerprint density at radius 3 is 2.81 bits per heavy atom. The molecule has 0 bridgehead atoms. The third-order valence-corrected chi connectivity index (χ3v) is 4.00. The Labute approximate surface area is 125 Å². The molecule has 1 aromatic carbocycles. The molecule has 0 saturated carbocycles. The second-order valence-electron chi connectivity index (χ2n) is 5.49. The van der Waals surface area contributed by atoms with Crippen LogP contribution in [0.2, 0.25) is 0 Å². The van der Waals surface area contributed by atoms with Crippen molar-refractivity contribution in [1.82, 2.24) is 10.2 Å². The first-order chi connectivity index (χ1) is 10.1. The molecular weight excluding hydrogens is 268 g/mol. The maximum Gasteiger partial charge on any atom is 0.335 e. The maximum absolute atomic E-state index is 12.0. The van der Waals surface area contributed by atoms with Gasteiger partial charge in [-0.15, -0.1) is 0 Å². The second kappa shape index (κ2) is 7.22. The van der Waals surface area contributed by atoms with Crippen molar-refractivity contribution in [3.63, 3.8) is 0 Å². The van der Waals surface area contributed by atoms with Crippen LogP contribution >= 0.6 is 0 Å². The molecule has 1 aliphatic heterocycles. The standard InChI is InChI=1S/C16H22N2O3/c1-2-18-8-7-12(11-18)10-17-15(19)9-13-5-3-4-6-14(13)16(20)21/h3-6,12H,2,7-11H2,1H3,(H,17,19)(H,20,21). The van der Waals surface area contributed by atoms with Gasteiger partial charge in [0.1, 0.15) is 0 Å². The topological polar surface area (TPSA) is 69.6 Å². The van der Waals surface area contributed by atoms with E-state index in [2.05, 4.69) is 17.1 Å². The number of carboxylic acid groups (broad SMARTS) is 1. The quantitative estimate of drug-likeness (QED) is 0.830. The molecule has 1 unspecified atom stereocenters. The van der Waals surface area contributed by atoms with Crippen LogP contribution in [-0.2, 0) is 11.2 Å². The first kappa shape index (κ1) is 15.5. The van der Waals surface area contributed by atoms with E-state index in [1.807, 2.05) is 0 Å². The Balaban J connectivity index is 1.84. The van der Waals surface area contributed by atoms with Gasteiger partial charge in [0.05, 0.1) is 12.0 Å². The lowest BCUT2D eigenvalue weighted by atomic mass is 10.0. The Morgan fingerprint density at radius 1 is 1.38 bits per heavy atom. The lowest BCUT2D eigenvalue weighted by Crippen LogP contribution is -2.32. The van der Waals surface area contributed by atoms with Gasteiger partial charge in [-0.1, -0.05) is 25.1 Å². The second-order valence-corrected chi connectivity index (χ2v) is 5.49. The highest BCUT2D eigenvalue weighted by Gasteiger charge is 2.21. The number of amides is 1. The molecule has 1 aromatic rings. The molecule has 1 saturated heterocycles. The predicted molar refractivity (Wildman–Crippen MR) is 80.3 cm³/mol. The number of carboxylic acids is 1. The van der Waals surface area contributed by atoms with Crippen molar-refractivity contribution in [2.45, 2.75) is 19.8 Å². The molecule has 1 atom stereocenters. The molecule has 0 spiro atoms. The van der Waals surface area contributed by atoms with E-state index in [0.717, 1.165) is 26.1 Å². The number of nitrogens with zero attached hydrogens (tertiary/aromatic N) is 1. The third kappa shape index (κ3) is 4.29. The van der Waals surface area contributed by atoms with Crippen LogP contribution in [0.25, 0.3) is 0 Å². The van der Waals surface area contributed by atoms with Gasteiger partial charge in [0.2, 0.25) is 5.91 Å². The normalized spacial score (nSPS) is 18.6. The van der Waals surface area contributed by atoms with E-state index in [-0.39, 0.29) is 17.9 Å². The summed E-state index contributed by atoms with van der Waals surface area (Å²) in [5, 5.41) is 12.0. The maximum atomic E-state index is 12.0. The van der Waals surface area contributed by atoms with Crippen LogP contribution < -0.4 is 5.32 Å². The number of likely N-dealkylation sites (tertiary alicyclic amines) is 1. The van der Waals surface area contributed by atoms with Crippen LogP contribution in [0.1, 0.15) is 29.3 Å². The van der Waals surface area contributed by atoms with Crippen molar-refractivity contribution in [2.75, 3.05) is 26.2 Å². The lowest BCUT2D eigenvalue weighted by molar-refractivity contribution is -0.120. The van der Waals surface area contributed by atoms with E-state index in [1.165, 1.54) is 6.07 Å². The number of carbonyl (C=O) groups is 2. The number of benzene rings is 1. The van der Waals surface area contributed by atoms with E-state index in [0.29, 0.717) is 18.0 Å². The zero-order valence-electron chi connectivity index (χ0n) is 12.3. The van der Waals surface area contributed by atoms with Crippen molar-refractivity contribution in [3.8, 4) is 0 Å². The summed E-state index contributed by atoms with van der Waals surface area (Å²) >= 11 is 0. The van der Waals surface area contributed by atoms with Crippen molar-refractivity contribution in [1.29, 1.82) is 0 Å². The summed E-state index contributed by atoms with van der Waals surface area (Å²) in [6.45, 7) is 5.99. The van der Waals surface area contributed by atoms with Gasteiger partial charge in [-0.05, 0) is 37.1 Å². The van der Waals surface area contributed by atoms with Gasteiger partial charge in [0.15, 0.2) is 0 Å². The van der Waals surface area contributed by atoms with Crippen LogP contribution in [0, 0.1) is 5.92 Å². The van der Waals surface area contributed by atoms with Crippen LogP contribution in [-0.4, -0.2) is 48.1 Å². The number of nitrogens with one attached hydrogen (secondary N) is 1. The largest absolute Gasteiger partial charge is 0.478 e. The zero-order valence-corrected chi connectivity index (χ0v) is 12.3. The van der Waals surface area contributed by atoms with Crippen molar-refractivity contribution in [2.24, 2.45) is 5.92 Å². The number of rotatable bonds is 6. The molecule has 2 rings (SSSR count). The summed E-state index contributed by atoms with van der Waals surface area (Å²) in [4.78, 5) is 25.5. The summed E-state index contributed by atoms with van der Waals surface area (Å²) in [6.07, 6.45) is 1.23. The van der Waals surface area contributed by atoms with Gasteiger partial charge in [-0.2, -0.15) is 0 Å². The average molecular weight is 290 g/mol. The summed E-state index contributed by atoms with van der Waals surface area (Å²) < 4.78 is 0. The Morgan fingerprint density at radius 2 is 2.14 bits per heavy atom. The van der Waals surface area contributed by atoms with Crippen LogP contribution in [0.5, 0.6) is 0 Å². The third-order valence-electron chi connectivity index (χ3n) is 4.00. The van der Waals surface area contributed by atoms with Crippen LogP contribution in [0.3, 0.4) is 0 Å². The molecule has 5 nitrogen and oxygen atoms in total. The van der Waals surface area contributed by atoms with E-state index in [1.54, 1.807) is 18.2 Å². The molecular formula is C16H22N2O3. The number of carbonyl (C=O) groups excluding carboxylic acids is 1. The zero-order chi connectivity index (χ0) is 15.2. The van der Waals surface area contributed by atoms with Crippen molar-refractivity contribution >= 4 is 11.9 Å². The summed E-state index contributed by atoms with van der Waals surface area (Å²) in [5.74, 6) is -0.602. The first-order valence-corrected chi connectivity index (χ1v) is 7.40. The Hall–Kier alpha value is -1.88.